The summed E-state index contributed by atoms with van der Waals surface area (Å²) in [5.74, 6) is 6.31. The number of rotatable bonds is 18. The number of benzene rings is 4. The second-order valence-electron chi connectivity index (χ2n) is 26.8. The van der Waals surface area contributed by atoms with Gasteiger partial charge in [0.2, 0.25) is 0 Å². The molecule has 2 aliphatic carbocycles. The minimum atomic E-state index is -0.179. The minimum Gasteiger partial charge on any atom is -0.465 e. The van der Waals surface area contributed by atoms with Crippen LogP contribution in [-0.4, -0.2) is 51.6 Å². The maximum Gasteiger partial charge on any atom is 0.199 e. The second-order valence-corrected chi connectivity index (χ2v) is 26.8. The molecule has 0 spiro atoms. The summed E-state index contributed by atoms with van der Waals surface area (Å²) in [5, 5.41) is 0. The first-order chi connectivity index (χ1) is 38.1. The lowest BCUT2D eigenvalue weighted by Crippen LogP contribution is -2.43. The molecule has 6 fully saturated rings. The molecule has 0 radical (unpaired) electrons. The number of hydrogen-bond donors (Lipinski definition) is 0. The van der Waals surface area contributed by atoms with Crippen molar-refractivity contribution < 1.29 is 37.9 Å². The van der Waals surface area contributed by atoms with E-state index in [-0.39, 0.29) is 41.4 Å². The molecule has 4 unspecified atom stereocenters. The van der Waals surface area contributed by atoms with Gasteiger partial charge in [0.05, 0.1) is 26.4 Å². The second kappa shape index (κ2) is 25.6. The molecule has 8 nitrogen and oxygen atoms in total. The van der Waals surface area contributed by atoms with Gasteiger partial charge in [0.15, 0.2) is 25.2 Å². The Morgan fingerprint density at radius 3 is 0.797 bits per heavy atom. The predicted molar refractivity (Wildman–Crippen MR) is 318 cm³/mol. The molecule has 0 N–H and O–H groups in total. The average Bonchev–Trinajstić information content (AvgIpc) is 3.66. The van der Waals surface area contributed by atoms with Gasteiger partial charge in [-0.15, -0.1) is 0 Å². The van der Waals surface area contributed by atoms with Crippen molar-refractivity contribution in [1.82, 2.24) is 0 Å². The van der Waals surface area contributed by atoms with E-state index in [1.165, 1.54) is 70.2 Å². The fourth-order valence-electron chi connectivity index (χ4n) is 14.9. The van der Waals surface area contributed by atoms with Gasteiger partial charge in [-0.2, -0.15) is 0 Å². The Balaban J connectivity index is 0.953. The van der Waals surface area contributed by atoms with Crippen LogP contribution in [0.5, 0.6) is 23.0 Å². The fraction of sp³-hybridized carbons (Fsp3) is 0.662. The van der Waals surface area contributed by atoms with Gasteiger partial charge in [0.1, 0.15) is 23.0 Å². The SMILES string of the molecule is CC(C)c1cc(C2(c3ccc(OC4CCCCO4)c(C(C)C)c3)CCC(C(C)(C)C3CCC(c4ccc(OC5CCCCO5)c(C(C)C)c4)(c4ccc(OC5CCCCO5)c(C(C)C)c4)CC3)CC2)ccc1OC1CCCCO1. The molecule has 432 valence electrons. The van der Waals surface area contributed by atoms with E-state index in [0.717, 1.165) is 152 Å². The maximum absolute atomic E-state index is 6.69. The van der Waals surface area contributed by atoms with Crippen LogP contribution in [0.4, 0.5) is 0 Å². The molecule has 0 bridgehead atoms. The molecule has 4 aliphatic heterocycles. The van der Waals surface area contributed by atoms with E-state index < -0.39 is 0 Å². The van der Waals surface area contributed by atoms with E-state index in [1.807, 2.05) is 0 Å². The van der Waals surface area contributed by atoms with Crippen molar-refractivity contribution in [1.29, 1.82) is 0 Å². The highest BCUT2D eigenvalue weighted by Crippen LogP contribution is 2.58. The molecule has 2 saturated carbocycles. The van der Waals surface area contributed by atoms with E-state index in [0.29, 0.717) is 35.5 Å². The summed E-state index contributed by atoms with van der Waals surface area (Å²) >= 11 is 0. The maximum atomic E-state index is 6.69. The summed E-state index contributed by atoms with van der Waals surface area (Å²) in [7, 11) is 0. The van der Waals surface area contributed by atoms with Crippen LogP contribution in [0.2, 0.25) is 0 Å². The van der Waals surface area contributed by atoms with Crippen LogP contribution in [0.25, 0.3) is 0 Å². The molecule has 4 aromatic carbocycles. The van der Waals surface area contributed by atoms with Gasteiger partial charge in [0.25, 0.3) is 0 Å². The summed E-state index contributed by atoms with van der Waals surface area (Å²) in [5.41, 5.74) is 10.6. The zero-order valence-corrected chi connectivity index (χ0v) is 50.4. The summed E-state index contributed by atoms with van der Waals surface area (Å²) in [6.45, 7) is 26.9. The highest BCUT2D eigenvalue weighted by Gasteiger charge is 2.49. The lowest BCUT2D eigenvalue weighted by molar-refractivity contribution is -0.106. The van der Waals surface area contributed by atoms with Crippen molar-refractivity contribution in [2.75, 3.05) is 26.4 Å². The summed E-state index contributed by atoms with van der Waals surface area (Å²) in [6, 6.07) is 28.8. The van der Waals surface area contributed by atoms with Crippen molar-refractivity contribution in [2.45, 2.75) is 257 Å². The van der Waals surface area contributed by atoms with Gasteiger partial charge in [-0.05, 0) is 212 Å². The molecular formula is C71H100O8. The Morgan fingerprint density at radius 2 is 0.595 bits per heavy atom. The zero-order chi connectivity index (χ0) is 55.3. The van der Waals surface area contributed by atoms with Crippen molar-refractivity contribution in [3.8, 4) is 23.0 Å². The molecule has 4 atom stereocenters. The van der Waals surface area contributed by atoms with Crippen LogP contribution in [0.3, 0.4) is 0 Å². The number of ether oxygens (including phenoxy) is 8. The Hall–Kier alpha value is -4.08. The molecule has 8 heteroatoms. The van der Waals surface area contributed by atoms with Gasteiger partial charge in [0, 0.05) is 36.5 Å². The molecule has 4 heterocycles. The van der Waals surface area contributed by atoms with Crippen molar-refractivity contribution >= 4 is 0 Å². The smallest absolute Gasteiger partial charge is 0.199 e. The fourth-order valence-corrected chi connectivity index (χ4v) is 14.9. The van der Waals surface area contributed by atoms with Crippen LogP contribution < -0.4 is 18.9 Å². The van der Waals surface area contributed by atoms with Gasteiger partial charge in [-0.25, -0.2) is 0 Å². The Morgan fingerprint density at radius 1 is 0.354 bits per heavy atom. The molecule has 0 amide bonds. The first kappa shape index (κ1) is 58.1. The average molecular weight is 1080 g/mol. The van der Waals surface area contributed by atoms with Crippen LogP contribution in [0.1, 0.15) is 266 Å². The quantitative estimate of drug-likeness (QED) is 0.0976. The number of hydrogen-bond acceptors (Lipinski definition) is 8. The first-order valence-electron chi connectivity index (χ1n) is 31.8. The molecule has 10 rings (SSSR count). The van der Waals surface area contributed by atoms with Gasteiger partial charge < -0.3 is 37.9 Å². The third kappa shape index (κ3) is 12.9. The van der Waals surface area contributed by atoms with E-state index in [1.54, 1.807) is 0 Å². The van der Waals surface area contributed by atoms with E-state index in [2.05, 4.69) is 142 Å². The third-order valence-corrected chi connectivity index (χ3v) is 20.1. The molecule has 6 aliphatic rings. The lowest BCUT2D eigenvalue weighted by Gasteiger charge is -2.52. The Bertz CT molecular complexity index is 2260. The molecular weight excluding hydrogens is 981 g/mol. The normalized spacial score (nSPS) is 28.3. The van der Waals surface area contributed by atoms with E-state index in [9.17, 15) is 0 Å². The summed E-state index contributed by atoms with van der Waals surface area (Å²) in [4.78, 5) is 0. The molecule has 0 aromatic heterocycles. The molecule has 4 aromatic rings. The third-order valence-electron chi connectivity index (χ3n) is 20.1. The van der Waals surface area contributed by atoms with Crippen LogP contribution >= 0.6 is 0 Å². The standard InChI is InChI=1S/C71H100O8/c1-47(2)57-43-53(23-27-61(57)76-65-19-11-15-39-72-65)70(54-24-28-62(58(44-54)48(3)4)77-66-20-12-16-40-73-66)35-31-51(32-36-70)69(9,10)52-33-37-71(38-34-52,55-25-29-63(59(45-55)49(5)6)78-67-21-13-17-41-74-67)56-26-30-64(60(46-56)50(7)8)79-68-22-14-18-42-75-68/h23-30,43-52,65-68H,11-22,31-42H2,1-10H3. The highest BCUT2D eigenvalue weighted by atomic mass is 16.7. The topological polar surface area (TPSA) is 73.8 Å². The largest absolute Gasteiger partial charge is 0.465 e. The van der Waals surface area contributed by atoms with Crippen molar-refractivity contribution in [2.24, 2.45) is 17.3 Å². The molecule has 79 heavy (non-hydrogen) atoms. The first-order valence-corrected chi connectivity index (χ1v) is 31.8. The van der Waals surface area contributed by atoms with Gasteiger partial charge in [-0.3, -0.25) is 0 Å². The monoisotopic (exact) mass is 1080 g/mol. The van der Waals surface area contributed by atoms with Crippen molar-refractivity contribution in [3.63, 3.8) is 0 Å². The van der Waals surface area contributed by atoms with Crippen LogP contribution in [-0.2, 0) is 29.8 Å². The van der Waals surface area contributed by atoms with E-state index >= 15 is 0 Å². The Kier molecular flexibility index (Phi) is 18.8. The zero-order valence-electron chi connectivity index (χ0n) is 50.4. The van der Waals surface area contributed by atoms with Gasteiger partial charge in [-0.1, -0.05) is 118 Å². The minimum absolute atomic E-state index is 0.151. The van der Waals surface area contributed by atoms with Crippen LogP contribution in [0.15, 0.2) is 72.8 Å². The molecule has 4 saturated heterocycles. The summed E-state index contributed by atoms with van der Waals surface area (Å²) in [6.07, 6.45) is 21.2. The predicted octanol–water partition coefficient (Wildman–Crippen LogP) is 18.5. The highest BCUT2D eigenvalue weighted by molar-refractivity contribution is 5.52. The Labute approximate surface area is 477 Å². The van der Waals surface area contributed by atoms with Crippen LogP contribution in [0, 0.1) is 17.3 Å². The summed E-state index contributed by atoms with van der Waals surface area (Å²) < 4.78 is 51.3. The lowest BCUT2D eigenvalue weighted by atomic mass is 9.53. The van der Waals surface area contributed by atoms with Crippen molar-refractivity contribution in [3.05, 3.63) is 117 Å². The van der Waals surface area contributed by atoms with Gasteiger partial charge >= 0.3 is 0 Å². The van der Waals surface area contributed by atoms with E-state index in [4.69, 9.17) is 37.9 Å².